The summed E-state index contributed by atoms with van der Waals surface area (Å²) in [5.74, 6) is -0.712. The molecule has 0 bridgehead atoms. The number of nitrogens with zero attached hydrogens (tertiary/aromatic N) is 3. The Kier molecular flexibility index (Phi) is 5.93. The fraction of sp³-hybridized carbons (Fsp3) is 0.640. The molecule has 1 aromatic rings. The molecule has 32 heavy (non-hydrogen) atoms. The van der Waals surface area contributed by atoms with Crippen LogP contribution >= 0.6 is 0 Å². The van der Waals surface area contributed by atoms with Crippen molar-refractivity contribution in [2.45, 2.75) is 82.5 Å². The highest BCUT2D eigenvalue weighted by Gasteiger charge is 2.39. The smallest absolute Gasteiger partial charge is 0.255 e. The lowest BCUT2D eigenvalue weighted by atomic mass is 9.91. The molecule has 1 unspecified atom stereocenters. The lowest BCUT2D eigenvalue weighted by molar-refractivity contribution is -0.136. The predicted octanol–water partition coefficient (Wildman–Crippen LogP) is 2.68. The van der Waals surface area contributed by atoms with Gasteiger partial charge in [0.2, 0.25) is 11.8 Å². The van der Waals surface area contributed by atoms with Crippen LogP contribution in [0, 0.1) is 0 Å². The van der Waals surface area contributed by atoms with Crippen molar-refractivity contribution in [3.63, 3.8) is 0 Å². The molecule has 1 aliphatic carbocycles. The Labute approximate surface area is 190 Å². The number of imide groups is 1. The monoisotopic (exact) mass is 438 g/mol. The van der Waals surface area contributed by atoms with Gasteiger partial charge in [0, 0.05) is 49.4 Å². The zero-order valence-corrected chi connectivity index (χ0v) is 19.0. The fourth-order valence-corrected chi connectivity index (χ4v) is 6.08. The van der Waals surface area contributed by atoms with Gasteiger partial charge >= 0.3 is 0 Å². The standard InChI is InChI=1S/C25H34N4O3/c1-27(18-5-3-2-4-6-18)19-11-13-28(14-12-19)20-7-8-21-17(15-20)16-29(25(21)32)22-9-10-23(30)26-24(22)31/h7-8,15,18-19,22H,2-6,9-14,16H2,1H3,(H,26,30,31). The van der Waals surface area contributed by atoms with Gasteiger partial charge < -0.3 is 14.7 Å². The minimum Gasteiger partial charge on any atom is -0.371 e. The molecule has 0 aromatic heterocycles. The van der Waals surface area contributed by atoms with Gasteiger partial charge in [0.25, 0.3) is 5.91 Å². The Morgan fingerprint density at radius 2 is 1.66 bits per heavy atom. The number of hydrogen-bond donors (Lipinski definition) is 1. The third kappa shape index (κ3) is 4.03. The highest BCUT2D eigenvalue weighted by molar-refractivity contribution is 6.05. The summed E-state index contributed by atoms with van der Waals surface area (Å²) in [6.07, 6.45) is 9.86. The molecule has 1 saturated carbocycles. The summed E-state index contributed by atoms with van der Waals surface area (Å²) in [4.78, 5) is 43.4. The molecule has 1 aromatic carbocycles. The SMILES string of the molecule is CN(C1CCCCC1)C1CCN(c2ccc3c(c2)CN(C2CCC(=O)NC2=O)C3=O)CC1. The molecule has 172 valence electrons. The average Bonchev–Trinajstić information content (AvgIpc) is 3.15. The van der Waals surface area contributed by atoms with E-state index < -0.39 is 6.04 Å². The summed E-state index contributed by atoms with van der Waals surface area (Å²) in [7, 11) is 2.32. The number of nitrogens with one attached hydrogen (secondary N) is 1. The molecule has 0 radical (unpaired) electrons. The van der Waals surface area contributed by atoms with Gasteiger partial charge in [0.1, 0.15) is 6.04 Å². The summed E-state index contributed by atoms with van der Waals surface area (Å²) >= 11 is 0. The summed E-state index contributed by atoms with van der Waals surface area (Å²) in [5.41, 5.74) is 2.84. The number of benzene rings is 1. The Morgan fingerprint density at radius 3 is 2.38 bits per heavy atom. The predicted molar refractivity (Wildman–Crippen MR) is 122 cm³/mol. The van der Waals surface area contributed by atoms with E-state index in [1.165, 1.54) is 50.6 Å². The maximum atomic E-state index is 12.9. The molecule has 7 heteroatoms. The van der Waals surface area contributed by atoms with E-state index in [9.17, 15) is 14.4 Å². The first-order valence-electron chi connectivity index (χ1n) is 12.3. The highest BCUT2D eigenvalue weighted by atomic mass is 16.2. The minimum atomic E-state index is -0.554. The number of piperidine rings is 2. The molecule has 7 nitrogen and oxygen atoms in total. The van der Waals surface area contributed by atoms with Crippen LogP contribution in [-0.2, 0) is 16.1 Å². The number of carbonyl (C=O) groups is 3. The van der Waals surface area contributed by atoms with Crippen LogP contribution in [0.3, 0.4) is 0 Å². The second kappa shape index (κ2) is 8.85. The van der Waals surface area contributed by atoms with Gasteiger partial charge in [-0.25, -0.2) is 0 Å². The maximum absolute atomic E-state index is 12.9. The number of fused-ring (bicyclic) bond motifs is 1. The van der Waals surface area contributed by atoms with Gasteiger partial charge in [0.05, 0.1) is 0 Å². The number of anilines is 1. The summed E-state index contributed by atoms with van der Waals surface area (Å²) < 4.78 is 0. The Bertz CT molecular complexity index is 902. The van der Waals surface area contributed by atoms with Gasteiger partial charge in [-0.05, 0) is 62.9 Å². The van der Waals surface area contributed by atoms with E-state index in [1.54, 1.807) is 4.90 Å². The molecule has 3 aliphatic heterocycles. The minimum absolute atomic E-state index is 0.103. The summed E-state index contributed by atoms with van der Waals surface area (Å²) in [5, 5.41) is 2.37. The van der Waals surface area contributed by atoms with Crippen LogP contribution in [-0.4, -0.2) is 65.8 Å². The van der Waals surface area contributed by atoms with Crippen LogP contribution in [0.2, 0.25) is 0 Å². The zero-order chi connectivity index (χ0) is 22.2. The van der Waals surface area contributed by atoms with Crippen molar-refractivity contribution < 1.29 is 14.4 Å². The van der Waals surface area contributed by atoms with Crippen LogP contribution in [0.5, 0.6) is 0 Å². The third-order valence-electron chi connectivity index (χ3n) is 8.06. The molecule has 3 fully saturated rings. The normalized spacial score (nSPS) is 25.4. The van der Waals surface area contributed by atoms with E-state index in [4.69, 9.17) is 0 Å². The molecule has 4 aliphatic rings. The van der Waals surface area contributed by atoms with Crippen molar-refractivity contribution in [3.05, 3.63) is 29.3 Å². The van der Waals surface area contributed by atoms with Crippen molar-refractivity contribution in [1.29, 1.82) is 0 Å². The highest BCUT2D eigenvalue weighted by Crippen LogP contribution is 2.32. The van der Waals surface area contributed by atoms with Gasteiger partial charge in [-0.15, -0.1) is 0 Å². The molecule has 1 N–H and O–H groups in total. The molecule has 0 spiro atoms. The van der Waals surface area contributed by atoms with Crippen molar-refractivity contribution in [2.75, 3.05) is 25.0 Å². The van der Waals surface area contributed by atoms with E-state index >= 15 is 0 Å². The molecular weight excluding hydrogens is 404 g/mol. The first kappa shape index (κ1) is 21.4. The van der Waals surface area contributed by atoms with Gasteiger partial charge in [-0.1, -0.05) is 19.3 Å². The molecular formula is C25H34N4O3. The first-order valence-corrected chi connectivity index (χ1v) is 12.3. The second-order valence-electron chi connectivity index (χ2n) is 9.92. The summed E-state index contributed by atoms with van der Waals surface area (Å²) in [6.45, 7) is 2.51. The maximum Gasteiger partial charge on any atom is 0.255 e. The van der Waals surface area contributed by atoms with E-state index in [0.29, 0.717) is 24.6 Å². The van der Waals surface area contributed by atoms with Gasteiger partial charge in [-0.3, -0.25) is 19.7 Å². The second-order valence-corrected chi connectivity index (χ2v) is 9.92. The van der Waals surface area contributed by atoms with Crippen LogP contribution in [0.15, 0.2) is 18.2 Å². The van der Waals surface area contributed by atoms with Crippen LogP contribution in [0.4, 0.5) is 5.69 Å². The number of carbonyl (C=O) groups excluding carboxylic acids is 3. The van der Waals surface area contributed by atoms with Crippen molar-refractivity contribution in [2.24, 2.45) is 0 Å². The largest absolute Gasteiger partial charge is 0.371 e. The molecule has 2 saturated heterocycles. The van der Waals surface area contributed by atoms with E-state index in [0.717, 1.165) is 24.7 Å². The van der Waals surface area contributed by atoms with Gasteiger partial charge in [0.15, 0.2) is 0 Å². The van der Waals surface area contributed by atoms with Crippen molar-refractivity contribution in [3.8, 4) is 0 Å². The topological polar surface area (TPSA) is 73.0 Å². The molecule has 3 amide bonds. The lowest BCUT2D eigenvalue weighted by Gasteiger charge is -2.42. The zero-order valence-electron chi connectivity index (χ0n) is 19.0. The van der Waals surface area contributed by atoms with Crippen LogP contribution in [0.25, 0.3) is 0 Å². The van der Waals surface area contributed by atoms with Gasteiger partial charge in [-0.2, -0.15) is 0 Å². The van der Waals surface area contributed by atoms with Crippen molar-refractivity contribution in [1.82, 2.24) is 15.1 Å². The lowest BCUT2D eigenvalue weighted by Crippen LogP contribution is -2.52. The average molecular weight is 439 g/mol. The summed E-state index contributed by atoms with van der Waals surface area (Å²) in [6, 6.07) is 6.96. The van der Waals surface area contributed by atoms with Crippen molar-refractivity contribution >= 4 is 23.4 Å². The quantitative estimate of drug-likeness (QED) is 0.732. The first-order chi connectivity index (χ1) is 15.5. The van der Waals surface area contributed by atoms with E-state index in [-0.39, 0.29) is 24.1 Å². The van der Waals surface area contributed by atoms with E-state index in [1.807, 2.05) is 6.07 Å². The Hall–Kier alpha value is -2.41. The van der Waals surface area contributed by atoms with Crippen LogP contribution < -0.4 is 10.2 Å². The number of hydrogen-bond acceptors (Lipinski definition) is 5. The fourth-order valence-electron chi connectivity index (χ4n) is 6.08. The molecule has 5 rings (SSSR count). The number of rotatable bonds is 4. The number of amides is 3. The molecule has 3 heterocycles. The third-order valence-corrected chi connectivity index (χ3v) is 8.06. The van der Waals surface area contributed by atoms with E-state index in [2.05, 4.69) is 34.3 Å². The Morgan fingerprint density at radius 1 is 0.938 bits per heavy atom. The van der Waals surface area contributed by atoms with Crippen LogP contribution in [0.1, 0.15) is 73.7 Å². The molecule has 1 atom stereocenters. The Balaban J connectivity index is 1.22.